The van der Waals surface area contributed by atoms with Crippen molar-refractivity contribution in [3.63, 3.8) is 0 Å². The fourth-order valence-electron chi connectivity index (χ4n) is 3.66. The second kappa shape index (κ2) is 10.3. The van der Waals surface area contributed by atoms with Crippen molar-refractivity contribution in [2.24, 2.45) is 0 Å². The zero-order valence-corrected chi connectivity index (χ0v) is 19.1. The Labute approximate surface area is 197 Å². The van der Waals surface area contributed by atoms with Crippen LogP contribution >= 0.6 is 23.4 Å². The van der Waals surface area contributed by atoms with E-state index in [0.717, 1.165) is 49.2 Å². The molecule has 2 heterocycles. The highest BCUT2D eigenvalue weighted by Crippen LogP contribution is 2.34. The number of rotatable bonds is 7. The van der Waals surface area contributed by atoms with Gasteiger partial charge in [-0.1, -0.05) is 48.5 Å². The minimum Gasteiger partial charge on any atom is -0.489 e. The minimum absolute atomic E-state index is 0.247. The van der Waals surface area contributed by atoms with Gasteiger partial charge in [0.15, 0.2) is 0 Å². The molecule has 2 saturated heterocycles. The summed E-state index contributed by atoms with van der Waals surface area (Å²) in [6.45, 7) is 7.44. The molecule has 2 aliphatic rings. The Kier molecular flexibility index (Phi) is 7.19. The van der Waals surface area contributed by atoms with E-state index in [1.807, 2.05) is 48.5 Å². The van der Waals surface area contributed by atoms with Crippen LogP contribution in [0.1, 0.15) is 5.56 Å². The Bertz CT molecular complexity index is 1050. The van der Waals surface area contributed by atoms with Crippen LogP contribution in [0.5, 0.6) is 5.75 Å². The van der Waals surface area contributed by atoms with Crippen molar-refractivity contribution < 1.29 is 14.3 Å². The van der Waals surface area contributed by atoms with Crippen molar-refractivity contribution in [1.29, 1.82) is 0 Å². The maximum atomic E-state index is 12.9. The molecule has 0 atom stereocenters. The molecular formula is C24H24ClN3O3S. The minimum atomic E-state index is -0.268. The van der Waals surface area contributed by atoms with E-state index < -0.39 is 0 Å². The van der Waals surface area contributed by atoms with E-state index in [2.05, 4.69) is 16.4 Å². The SMILES string of the molecule is C=CCOc1ccccc1C=C1SC(=O)N(CN2CCN(c3cccc(Cl)c3)CC2)C1=O. The molecule has 2 fully saturated rings. The number of anilines is 1. The zero-order valence-electron chi connectivity index (χ0n) is 17.6. The normalized spacial score (nSPS) is 18.5. The Morgan fingerprint density at radius 1 is 1.06 bits per heavy atom. The average Bonchev–Trinajstić information content (AvgIpc) is 3.06. The number of halogens is 1. The Balaban J connectivity index is 1.39. The van der Waals surface area contributed by atoms with Gasteiger partial charge in [0.05, 0.1) is 11.6 Å². The van der Waals surface area contributed by atoms with Crippen LogP contribution in [0.3, 0.4) is 0 Å². The summed E-state index contributed by atoms with van der Waals surface area (Å²) in [5, 5.41) is 0.467. The number of benzene rings is 2. The fourth-order valence-corrected chi connectivity index (χ4v) is 4.67. The lowest BCUT2D eigenvalue weighted by Crippen LogP contribution is -2.50. The highest BCUT2D eigenvalue weighted by molar-refractivity contribution is 8.18. The number of para-hydroxylation sites is 1. The lowest BCUT2D eigenvalue weighted by Gasteiger charge is -2.37. The van der Waals surface area contributed by atoms with Crippen molar-refractivity contribution in [3.05, 3.63) is 76.7 Å². The monoisotopic (exact) mass is 469 g/mol. The van der Waals surface area contributed by atoms with Gasteiger partial charge in [0, 0.05) is 42.5 Å². The average molecular weight is 470 g/mol. The topological polar surface area (TPSA) is 53.1 Å². The summed E-state index contributed by atoms with van der Waals surface area (Å²) in [5.74, 6) is 0.382. The molecule has 0 spiro atoms. The summed E-state index contributed by atoms with van der Waals surface area (Å²) in [7, 11) is 0. The second-order valence-corrected chi connectivity index (χ2v) is 8.90. The number of carbonyl (C=O) groups excluding carboxylic acids is 2. The highest BCUT2D eigenvalue weighted by Gasteiger charge is 2.36. The Hall–Kier alpha value is -2.74. The van der Waals surface area contributed by atoms with E-state index in [0.29, 0.717) is 29.0 Å². The number of imide groups is 1. The fraction of sp³-hybridized carbons (Fsp3) is 0.250. The van der Waals surface area contributed by atoms with E-state index >= 15 is 0 Å². The smallest absolute Gasteiger partial charge is 0.294 e. The third-order valence-corrected chi connectivity index (χ3v) is 6.47. The molecule has 0 bridgehead atoms. The van der Waals surface area contributed by atoms with E-state index in [4.69, 9.17) is 16.3 Å². The molecule has 2 aliphatic heterocycles. The first kappa shape index (κ1) is 22.5. The molecule has 2 aromatic carbocycles. The molecule has 0 radical (unpaired) electrons. The number of ether oxygens (including phenoxy) is 1. The van der Waals surface area contributed by atoms with E-state index in [1.54, 1.807) is 12.2 Å². The maximum absolute atomic E-state index is 12.9. The standard InChI is InChI=1S/C24H24ClN3O3S/c1-2-14-31-21-9-4-3-6-18(21)15-22-23(29)28(24(30)32-22)17-26-10-12-27(13-11-26)20-8-5-7-19(25)16-20/h2-9,15-16H,1,10-14,17H2. The molecule has 2 amide bonds. The van der Waals surface area contributed by atoms with Crippen LogP contribution in [0.2, 0.25) is 5.02 Å². The largest absolute Gasteiger partial charge is 0.489 e. The van der Waals surface area contributed by atoms with E-state index in [9.17, 15) is 9.59 Å². The number of piperazine rings is 1. The van der Waals surface area contributed by atoms with Crippen LogP contribution in [-0.4, -0.2) is 60.4 Å². The number of amides is 2. The number of hydrogen-bond donors (Lipinski definition) is 0. The molecule has 4 rings (SSSR count). The molecule has 32 heavy (non-hydrogen) atoms. The maximum Gasteiger partial charge on any atom is 0.294 e. The first-order chi connectivity index (χ1) is 15.5. The third-order valence-electron chi connectivity index (χ3n) is 5.32. The number of carbonyl (C=O) groups is 2. The summed E-state index contributed by atoms with van der Waals surface area (Å²) >= 11 is 7.07. The lowest BCUT2D eigenvalue weighted by atomic mass is 10.2. The van der Waals surface area contributed by atoms with Crippen LogP contribution in [0.25, 0.3) is 6.08 Å². The lowest BCUT2D eigenvalue weighted by molar-refractivity contribution is -0.124. The van der Waals surface area contributed by atoms with Gasteiger partial charge in [0.25, 0.3) is 11.1 Å². The number of thioether (sulfide) groups is 1. The van der Waals surface area contributed by atoms with E-state index in [1.165, 1.54) is 4.90 Å². The molecule has 0 aliphatic carbocycles. The molecule has 8 heteroatoms. The molecule has 0 saturated carbocycles. The molecule has 0 N–H and O–H groups in total. The van der Waals surface area contributed by atoms with Crippen LogP contribution in [-0.2, 0) is 4.79 Å². The number of hydrogen-bond acceptors (Lipinski definition) is 6. The highest BCUT2D eigenvalue weighted by atomic mass is 35.5. The van der Waals surface area contributed by atoms with Crippen molar-refractivity contribution in [2.45, 2.75) is 0 Å². The predicted molar refractivity (Wildman–Crippen MR) is 130 cm³/mol. The van der Waals surface area contributed by atoms with Crippen LogP contribution < -0.4 is 9.64 Å². The summed E-state index contributed by atoms with van der Waals surface area (Å²) in [6.07, 6.45) is 3.39. The van der Waals surface area contributed by atoms with Gasteiger partial charge in [0.2, 0.25) is 0 Å². The van der Waals surface area contributed by atoms with Crippen molar-refractivity contribution in [3.8, 4) is 5.75 Å². The summed E-state index contributed by atoms with van der Waals surface area (Å²) in [6, 6.07) is 15.2. The van der Waals surface area contributed by atoms with Crippen LogP contribution in [0, 0.1) is 0 Å². The molecule has 6 nitrogen and oxygen atoms in total. The predicted octanol–water partition coefficient (Wildman–Crippen LogP) is 4.72. The summed E-state index contributed by atoms with van der Waals surface area (Å²) in [5.41, 5.74) is 1.85. The quantitative estimate of drug-likeness (QED) is 0.432. The van der Waals surface area contributed by atoms with Crippen molar-refractivity contribution >= 4 is 46.3 Å². The first-order valence-corrected chi connectivity index (χ1v) is 11.6. The summed E-state index contributed by atoms with van der Waals surface area (Å²) in [4.78, 5) is 31.6. The van der Waals surface area contributed by atoms with Gasteiger partial charge in [-0.05, 0) is 42.1 Å². The van der Waals surface area contributed by atoms with Crippen LogP contribution in [0.4, 0.5) is 10.5 Å². The Morgan fingerprint density at radius 2 is 1.84 bits per heavy atom. The van der Waals surface area contributed by atoms with Gasteiger partial charge in [-0.25, -0.2) is 0 Å². The zero-order chi connectivity index (χ0) is 22.5. The molecule has 0 aromatic heterocycles. The van der Waals surface area contributed by atoms with Crippen molar-refractivity contribution in [1.82, 2.24) is 9.80 Å². The van der Waals surface area contributed by atoms with E-state index in [-0.39, 0.29) is 11.1 Å². The van der Waals surface area contributed by atoms with Gasteiger partial charge in [-0.3, -0.25) is 19.4 Å². The molecule has 0 unspecified atom stereocenters. The van der Waals surface area contributed by atoms with Gasteiger partial charge in [-0.2, -0.15) is 0 Å². The van der Waals surface area contributed by atoms with Crippen LogP contribution in [0.15, 0.2) is 66.1 Å². The third kappa shape index (κ3) is 5.18. The van der Waals surface area contributed by atoms with Gasteiger partial charge >= 0.3 is 0 Å². The summed E-state index contributed by atoms with van der Waals surface area (Å²) < 4.78 is 5.66. The first-order valence-electron chi connectivity index (χ1n) is 10.4. The second-order valence-electron chi connectivity index (χ2n) is 7.47. The van der Waals surface area contributed by atoms with Gasteiger partial charge in [0.1, 0.15) is 12.4 Å². The Morgan fingerprint density at radius 3 is 2.59 bits per heavy atom. The molecule has 166 valence electrons. The molecule has 2 aromatic rings. The van der Waals surface area contributed by atoms with Gasteiger partial charge < -0.3 is 9.64 Å². The number of nitrogens with zero attached hydrogens (tertiary/aromatic N) is 3. The van der Waals surface area contributed by atoms with Crippen molar-refractivity contribution in [2.75, 3.05) is 44.4 Å². The molecular weight excluding hydrogens is 446 g/mol. The van der Waals surface area contributed by atoms with Gasteiger partial charge in [-0.15, -0.1) is 0 Å².